The number of rotatable bonds is 12. The Balaban J connectivity index is 2.26. The number of unbranched alkanes of at least 4 members (excludes halogenated alkanes) is 1. The molecule has 0 heterocycles. The van der Waals surface area contributed by atoms with E-state index in [1.54, 1.807) is 14.2 Å². The summed E-state index contributed by atoms with van der Waals surface area (Å²) in [5.74, 6) is 2.31. The average molecular weight is 365 g/mol. The zero-order valence-corrected chi connectivity index (χ0v) is 17.0. The van der Waals surface area contributed by atoms with Crippen molar-refractivity contribution < 1.29 is 9.47 Å². The van der Waals surface area contributed by atoms with E-state index in [1.807, 2.05) is 31.2 Å². The van der Waals surface area contributed by atoms with Gasteiger partial charge in [0, 0.05) is 13.6 Å². The van der Waals surface area contributed by atoms with Gasteiger partial charge in [0.25, 0.3) is 0 Å². The summed E-state index contributed by atoms with van der Waals surface area (Å²) in [4.78, 5) is 6.72. The highest BCUT2D eigenvalue weighted by Crippen LogP contribution is 2.26. The Morgan fingerprint density at radius 3 is 2.42 bits per heavy atom. The molecule has 148 valence electrons. The molecule has 0 spiro atoms. The number of guanidine groups is 1. The van der Waals surface area contributed by atoms with E-state index in [4.69, 9.17) is 9.47 Å². The number of nitrogens with zero attached hydrogens (tertiary/aromatic N) is 2. The predicted molar refractivity (Wildman–Crippen MR) is 109 cm³/mol. The minimum Gasteiger partial charge on any atom is -0.493 e. The quantitative estimate of drug-likeness (QED) is 0.339. The highest BCUT2D eigenvalue weighted by molar-refractivity contribution is 5.79. The van der Waals surface area contributed by atoms with Crippen molar-refractivity contribution in [3.8, 4) is 11.5 Å². The highest BCUT2D eigenvalue weighted by Gasteiger charge is 2.09. The van der Waals surface area contributed by atoms with E-state index in [0.29, 0.717) is 6.54 Å². The monoisotopic (exact) mass is 364 g/mol. The molecule has 1 aromatic rings. The lowest BCUT2D eigenvalue weighted by molar-refractivity contribution is 0.213. The fraction of sp³-hybridized carbons (Fsp3) is 0.650. The standard InChI is InChI=1S/C20H36N4O2/c1-6-24(7-2)15-11-10-14-22-20(21-4)23-16-17(3)26-19-13-9-8-12-18(19)25-5/h8-9,12-13,17H,6-7,10-11,14-16H2,1-5H3,(H2,21,22,23). The molecule has 1 rings (SSSR count). The first-order valence-electron chi connectivity index (χ1n) is 9.61. The molecule has 1 atom stereocenters. The van der Waals surface area contributed by atoms with Crippen molar-refractivity contribution in [3.05, 3.63) is 24.3 Å². The van der Waals surface area contributed by atoms with Gasteiger partial charge >= 0.3 is 0 Å². The molecule has 6 heteroatoms. The average Bonchev–Trinajstić information content (AvgIpc) is 2.67. The molecule has 0 aromatic heterocycles. The molecular formula is C20H36N4O2. The van der Waals surface area contributed by atoms with Gasteiger partial charge in [0.2, 0.25) is 0 Å². The summed E-state index contributed by atoms with van der Waals surface area (Å²) in [6, 6.07) is 7.68. The van der Waals surface area contributed by atoms with Crippen molar-refractivity contribution in [3.63, 3.8) is 0 Å². The highest BCUT2D eigenvalue weighted by atomic mass is 16.5. The number of hydrogen-bond acceptors (Lipinski definition) is 4. The molecule has 6 nitrogen and oxygen atoms in total. The zero-order valence-electron chi connectivity index (χ0n) is 17.0. The Hall–Kier alpha value is -1.95. The van der Waals surface area contributed by atoms with Crippen molar-refractivity contribution in [2.75, 3.05) is 46.9 Å². The first kappa shape index (κ1) is 22.1. The maximum Gasteiger partial charge on any atom is 0.191 e. The molecule has 26 heavy (non-hydrogen) atoms. The molecule has 0 bridgehead atoms. The van der Waals surface area contributed by atoms with Gasteiger partial charge in [-0.05, 0) is 51.5 Å². The molecule has 0 amide bonds. The number of methoxy groups -OCH3 is 1. The summed E-state index contributed by atoms with van der Waals surface area (Å²) in [7, 11) is 3.44. The normalized spacial score (nSPS) is 12.8. The van der Waals surface area contributed by atoms with Crippen LogP contribution in [0.5, 0.6) is 11.5 Å². The number of para-hydroxylation sites is 2. The summed E-state index contributed by atoms with van der Waals surface area (Å²) in [6.45, 7) is 11.4. The second kappa shape index (κ2) is 13.3. The third-order valence-electron chi connectivity index (χ3n) is 4.27. The van der Waals surface area contributed by atoms with Crippen LogP contribution in [-0.2, 0) is 0 Å². The van der Waals surface area contributed by atoms with Crippen LogP contribution in [0.1, 0.15) is 33.6 Å². The third kappa shape index (κ3) is 8.43. The molecule has 0 saturated carbocycles. The maximum absolute atomic E-state index is 5.95. The molecule has 0 fully saturated rings. The molecule has 0 radical (unpaired) electrons. The summed E-state index contributed by atoms with van der Waals surface area (Å²) < 4.78 is 11.3. The maximum atomic E-state index is 5.95. The second-order valence-electron chi connectivity index (χ2n) is 6.19. The predicted octanol–water partition coefficient (Wildman–Crippen LogP) is 2.75. The van der Waals surface area contributed by atoms with Gasteiger partial charge in [0.15, 0.2) is 17.5 Å². The van der Waals surface area contributed by atoms with Gasteiger partial charge in [-0.25, -0.2) is 0 Å². The molecule has 0 aliphatic carbocycles. The largest absolute Gasteiger partial charge is 0.493 e. The molecule has 1 unspecified atom stereocenters. The Morgan fingerprint density at radius 2 is 1.81 bits per heavy atom. The van der Waals surface area contributed by atoms with Crippen LogP contribution in [0.25, 0.3) is 0 Å². The van der Waals surface area contributed by atoms with Gasteiger partial charge in [-0.3, -0.25) is 4.99 Å². The summed E-state index contributed by atoms with van der Waals surface area (Å²) in [5, 5.41) is 6.67. The molecule has 1 aromatic carbocycles. The van der Waals surface area contributed by atoms with Crippen molar-refractivity contribution in [1.29, 1.82) is 0 Å². The van der Waals surface area contributed by atoms with Crippen molar-refractivity contribution in [2.24, 2.45) is 4.99 Å². The van der Waals surface area contributed by atoms with Crippen LogP contribution >= 0.6 is 0 Å². The first-order chi connectivity index (χ1) is 12.6. The Morgan fingerprint density at radius 1 is 1.12 bits per heavy atom. The zero-order chi connectivity index (χ0) is 19.2. The number of benzene rings is 1. The fourth-order valence-electron chi connectivity index (χ4n) is 2.64. The number of nitrogens with one attached hydrogen (secondary N) is 2. The Bertz CT molecular complexity index is 518. The molecule has 0 saturated heterocycles. The van der Waals surface area contributed by atoms with Gasteiger partial charge < -0.3 is 25.0 Å². The lowest BCUT2D eigenvalue weighted by Gasteiger charge is -2.19. The van der Waals surface area contributed by atoms with Crippen molar-refractivity contribution >= 4 is 5.96 Å². The summed E-state index contributed by atoms with van der Waals surface area (Å²) in [6.07, 6.45) is 2.32. The van der Waals surface area contributed by atoms with Gasteiger partial charge in [0.05, 0.1) is 13.7 Å². The third-order valence-corrected chi connectivity index (χ3v) is 4.27. The summed E-state index contributed by atoms with van der Waals surface area (Å²) in [5.41, 5.74) is 0. The van der Waals surface area contributed by atoms with E-state index in [0.717, 1.165) is 50.1 Å². The lowest BCUT2D eigenvalue weighted by Crippen LogP contribution is -2.42. The van der Waals surface area contributed by atoms with E-state index in [9.17, 15) is 0 Å². The van der Waals surface area contributed by atoms with Crippen molar-refractivity contribution in [2.45, 2.75) is 39.7 Å². The Labute approximate surface area is 159 Å². The van der Waals surface area contributed by atoms with Crippen LogP contribution in [0.4, 0.5) is 0 Å². The van der Waals surface area contributed by atoms with E-state index in [-0.39, 0.29) is 6.10 Å². The van der Waals surface area contributed by atoms with E-state index < -0.39 is 0 Å². The van der Waals surface area contributed by atoms with Crippen LogP contribution < -0.4 is 20.1 Å². The smallest absolute Gasteiger partial charge is 0.191 e. The minimum atomic E-state index is -0.00693. The minimum absolute atomic E-state index is 0.00693. The second-order valence-corrected chi connectivity index (χ2v) is 6.19. The van der Waals surface area contributed by atoms with Crippen molar-refractivity contribution in [1.82, 2.24) is 15.5 Å². The molecule has 0 aliphatic rings. The lowest BCUT2D eigenvalue weighted by atomic mass is 10.3. The Kier molecular flexibility index (Phi) is 11.3. The topological polar surface area (TPSA) is 58.1 Å². The van der Waals surface area contributed by atoms with Crippen LogP contribution in [0.3, 0.4) is 0 Å². The molecular weight excluding hydrogens is 328 g/mol. The van der Waals surface area contributed by atoms with Gasteiger partial charge in [-0.15, -0.1) is 0 Å². The number of aliphatic imine (C=N–C) groups is 1. The van der Waals surface area contributed by atoms with E-state index in [1.165, 1.54) is 6.42 Å². The van der Waals surface area contributed by atoms with Crippen LogP contribution in [-0.4, -0.2) is 63.8 Å². The van der Waals surface area contributed by atoms with Crippen LogP contribution in [0.15, 0.2) is 29.3 Å². The van der Waals surface area contributed by atoms with E-state index in [2.05, 4.69) is 34.4 Å². The van der Waals surface area contributed by atoms with Gasteiger partial charge in [0.1, 0.15) is 6.10 Å². The van der Waals surface area contributed by atoms with Crippen LogP contribution in [0.2, 0.25) is 0 Å². The molecule has 0 aliphatic heterocycles. The van der Waals surface area contributed by atoms with E-state index >= 15 is 0 Å². The SMILES string of the molecule is CCN(CC)CCCCNC(=NC)NCC(C)Oc1ccccc1OC. The van der Waals surface area contributed by atoms with Gasteiger partial charge in [-0.1, -0.05) is 26.0 Å². The van der Waals surface area contributed by atoms with Crippen LogP contribution in [0, 0.1) is 0 Å². The number of hydrogen-bond donors (Lipinski definition) is 2. The summed E-state index contributed by atoms with van der Waals surface area (Å²) >= 11 is 0. The first-order valence-corrected chi connectivity index (χ1v) is 9.61. The fourth-order valence-corrected chi connectivity index (χ4v) is 2.64. The number of ether oxygens (including phenoxy) is 2. The van der Waals surface area contributed by atoms with Gasteiger partial charge in [-0.2, -0.15) is 0 Å². The molecule has 2 N–H and O–H groups in total.